The van der Waals surface area contributed by atoms with Gasteiger partial charge in [-0.3, -0.25) is 14.5 Å². The Balaban J connectivity index is 1.42. The maximum atomic E-state index is 13.9. The van der Waals surface area contributed by atoms with Crippen molar-refractivity contribution in [3.05, 3.63) is 117 Å². The van der Waals surface area contributed by atoms with Crippen molar-refractivity contribution in [2.45, 2.75) is 40.5 Å². The number of halogens is 1. The lowest BCUT2D eigenvalue weighted by atomic mass is 10.1. The predicted molar refractivity (Wildman–Crippen MR) is 192 cm³/mol. The summed E-state index contributed by atoms with van der Waals surface area (Å²) < 4.78 is 12.5. The Morgan fingerprint density at radius 1 is 0.891 bits per heavy atom. The lowest BCUT2D eigenvalue weighted by Gasteiger charge is -2.16. The molecule has 1 aliphatic rings. The fourth-order valence-corrected chi connectivity index (χ4v) is 6.16. The van der Waals surface area contributed by atoms with Crippen molar-refractivity contribution in [1.29, 1.82) is 0 Å². The Labute approximate surface area is 282 Å². The number of amidine groups is 1. The third-order valence-electron chi connectivity index (χ3n) is 7.32. The quantitative estimate of drug-likeness (QED) is 0.158. The largest absolute Gasteiger partial charge is 0.490 e. The summed E-state index contributed by atoms with van der Waals surface area (Å²) in [6.07, 6.45) is 3.67. The summed E-state index contributed by atoms with van der Waals surface area (Å²) in [4.78, 5) is 33.6. The first-order valence-electron chi connectivity index (χ1n) is 15.2. The summed E-state index contributed by atoms with van der Waals surface area (Å²) in [7, 11) is 0. The molecule has 236 valence electrons. The highest BCUT2D eigenvalue weighted by molar-refractivity contribution is 9.10. The average Bonchev–Trinajstić information content (AvgIpc) is 3.36. The average molecular weight is 699 g/mol. The van der Waals surface area contributed by atoms with E-state index < -0.39 is 0 Å². The summed E-state index contributed by atoms with van der Waals surface area (Å²) in [5.74, 6) is 0.421. The predicted octanol–water partition coefficient (Wildman–Crippen LogP) is 9.11. The third kappa shape index (κ3) is 8.08. The summed E-state index contributed by atoms with van der Waals surface area (Å²) in [5.41, 5.74) is 6.47. The molecule has 0 unspecified atom stereocenters. The van der Waals surface area contributed by atoms with Crippen LogP contribution in [-0.2, 0) is 22.4 Å². The number of amides is 2. The molecule has 0 spiro atoms. The number of anilines is 2. The number of aryl methyl sites for hydroxylation is 3. The molecule has 0 aromatic heterocycles. The molecule has 0 bridgehead atoms. The van der Waals surface area contributed by atoms with Crippen LogP contribution >= 0.6 is 27.7 Å². The van der Waals surface area contributed by atoms with Gasteiger partial charge >= 0.3 is 0 Å². The normalized spacial score (nSPS) is 14.6. The zero-order valence-electron chi connectivity index (χ0n) is 26.3. The first-order chi connectivity index (χ1) is 22.3. The van der Waals surface area contributed by atoms with Crippen molar-refractivity contribution in [3.63, 3.8) is 0 Å². The molecule has 1 saturated heterocycles. The fourth-order valence-electron chi connectivity index (χ4n) is 4.73. The smallest absolute Gasteiger partial charge is 0.271 e. The summed E-state index contributed by atoms with van der Waals surface area (Å²) in [6, 6.07) is 27.2. The number of hydrogen-bond acceptors (Lipinski definition) is 6. The Bertz CT molecular complexity index is 1770. The van der Waals surface area contributed by atoms with Crippen LogP contribution in [0.3, 0.4) is 0 Å². The van der Waals surface area contributed by atoms with E-state index in [2.05, 4.69) is 47.2 Å². The van der Waals surface area contributed by atoms with E-state index in [0.717, 1.165) is 35.3 Å². The number of rotatable bonds is 11. The van der Waals surface area contributed by atoms with Gasteiger partial charge in [0.1, 0.15) is 0 Å². The molecule has 5 rings (SSSR count). The number of thioether (sulfide) groups is 1. The molecule has 0 atom stereocenters. The molecule has 1 fully saturated rings. The van der Waals surface area contributed by atoms with Crippen LogP contribution < -0.4 is 19.7 Å². The van der Waals surface area contributed by atoms with Gasteiger partial charge in [-0.25, -0.2) is 4.99 Å². The van der Waals surface area contributed by atoms with Crippen LogP contribution in [0.2, 0.25) is 0 Å². The maximum Gasteiger partial charge on any atom is 0.271 e. The van der Waals surface area contributed by atoms with Crippen molar-refractivity contribution in [2.24, 2.45) is 4.99 Å². The van der Waals surface area contributed by atoms with Gasteiger partial charge in [0.05, 0.1) is 22.9 Å². The molecule has 0 aliphatic carbocycles. The molecule has 1 N–H and O–H groups in total. The van der Waals surface area contributed by atoms with Crippen LogP contribution in [0.15, 0.2) is 99.3 Å². The van der Waals surface area contributed by atoms with E-state index in [4.69, 9.17) is 14.5 Å². The number of carbonyl (C=O) groups is 2. The third-order valence-corrected chi connectivity index (χ3v) is 8.98. The zero-order valence-corrected chi connectivity index (χ0v) is 28.7. The van der Waals surface area contributed by atoms with Crippen LogP contribution in [0, 0.1) is 6.92 Å². The first-order valence-corrected chi connectivity index (χ1v) is 16.8. The van der Waals surface area contributed by atoms with Crippen molar-refractivity contribution < 1.29 is 19.1 Å². The second-order valence-corrected chi connectivity index (χ2v) is 12.5. The topological polar surface area (TPSA) is 80.2 Å². The summed E-state index contributed by atoms with van der Waals surface area (Å²) in [6.45, 7) is 8.28. The van der Waals surface area contributed by atoms with E-state index in [1.54, 1.807) is 17.0 Å². The Kier molecular flexibility index (Phi) is 11.0. The number of nitrogens with one attached hydrogen (secondary N) is 1. The van der Waals surface area contributed by atoms with E-state index in [-0.39, 0.29) is 18.4 Å². The minimum atomic E-state index is -0.287. The molecule has 0 radical (unpaired) electrons. The minimum absolute atomic E-state index is 0.170. The fraction of sp³-hybridized carbons (Fsp3) is 0.216. The van der Waals surface area contributed by atoms with Crippen LogP contribution in [0.5, 0.6) is 11.5 Å². The van der Waals surface area contributed by atoms with E-state index in [9.17, 15) is 9.59 Å². The van der Waals surface area contributed by atoms with Gasteiger partial charge in [0.25, 0.3) is 11.8 Å². The van der Waals surface area contributed by atoms with Gasteiger partial charge in [0.15, 0.2) is 23.3 Å². The molecular formula is C37H36BrN3O4S. The van der Waals surface area contributed by atoms with Gasteiger partial charge in [-0.1, -0.05) is 71.7 Å². The standard InChI is InChI=1S/C37H36BrN3O4S/c1-5-25-10-16-29(17-11-25)40-37-41(30-18-12-26(6-2)13-19-30)36(43)34(46-37)21-27-20-32(44-7-3)33(22-31(27)38)45-23-35(42)39-28-14-8-24(4)9-15-28/h8-22H,5-7,23H2,1-4H3,(H,39,42)/b34-21-,40-37?. The van der Waals surface area contributed by atoms with Crippen LogP contribution in [-0.4, -0.2) is 30.2 Å². The van der Waals surface area contributed by atoms with E-state index in [1.807, 2.05) is 80.6 Å². The molecule has 9 heteroatoms. The zero-order chi connectivity index (χ0) is 32.6. The molecule has 4 aromatic carbocycles. The minimum Gasteiger partial charge on any atom is -0.490 e. The molecule has 1 aliphatic heterocycles. The number of nitrogens with zero attached hydrogens (tertiary/aromatic N) is 2. The molecular weight excluding hydrogens is 662 g/mol. The number of ether oxygens (including phenoxy) is 2. The number of benzene rings is 4. The van der Waals surface area contributed by atoms with Gasteiger partial charge in [0.2, 0.25) is 0 Å². The van der Waals surface area contributed by atoms with Crippen molar-refractivity contribution in [1.82, 2.24) is 0 Å². The number of aliphatic imine (C=N–C) groups is 1. The molecule has 4 aromatic rings. The van der Waals surface area contributed by atoms with Crippen LogP contribution in [0.1, 0.15) is 43.0 Å². The molecule has 46 heavy (non-hydrogen) atoms. The van der Waals surface area contributed by atoms with Crippen molar-refractivity contribution in [3.8, 4) is 11.5 Å². The van der Waals surface area contributed by atoms with Gasteiger partial charge < -0.3 is 14.8 Å². The molecule has 0 saturated carbocycles. The monoisotopic (exact) mass is 697 g/mol. The highest BCUT2D eigenvalue weighted by Crippen LogP contribution is 2.40. The number of carbonyl (C=O) groups excluding carboxylic acids is 2. The Hall–Kier alpha value is -4.34. The highest BCUT2D eigenvalue weighted by atomic mass is 79.9. The lowest BCUT2D eigenvalue weighted by molar-refractivity contribution is -0.118. The van der Waals surface area contributed by atoms with Gasteiger partial charge in [0, 0.05) is 10.2 Å². The van der Waals surface area contributed by atoms with E-state index in [0.29, 0.717) is 38.3 Å². The second kappa shape index (κ2) is 15.3. The van der Waals surface area contributed by atoms with Crippen molar-refractivity contribution >= 4 is 67.8 Å². The van der Waals surface area contributed by atoms with Crippen molar-refractivity contribution in [2.75, 3.05) is 23.4 Å². The van der Waals surface area contributed by atoms with Gasteiger partial charge in [-0.05, 0) is 110 Å². The van der Waals surface area contributed by atoms with Crippen LogP contribution in [0.25, 0.3) is 6.08 Å². The van der Waals surface area contributed by atoms with Gasteiger partial charge in [-0.2, -0.15) is 0 Å². The molecule has 1 heterocycles. The van der Waals surface area contributed by atoms with E-state index in [1.165, 1.54) is 22.9 Å². The molecule has 7 nitrogen and oxygen atoms in total. The maximum absolute atomic E-state index is 13.9. The molecule has 2 amide bonds. The number of hydrogen-bond donors (Lipinski definition) is 1. The Morgan fingerprint density at radius 2 is 1.52 bits per heavy atom. The summed E-state index contributed by atoms with van der Waals surface area (Å²) >= 11 is 4.96. The highest BCUT2D eigenvalue weighted by Gasteiger charge is 2.35. The second-order valence-electron chi connectivity index (χ2n) is 10.6. The lowest BCUT2D eigenvalue weighted by Crippen LogP contribution is -2.28. The first kappa shape index (κ1) is 33.0. The van der Waals surface area contributed by atoms with E-state index >= 15 is 0 Å². The Morgan fingerprint density at radius 3 is 2.15 bits per heavy atom. The van der Waals surface area contributed by atoms with Crippen LogP contribution in [0.4, 0.5) is 17.1 Å². The summed E-state index contributed by atoms with van der Waals surface area (Å²) in [5, 5.41) is 3.41. The van der Waals surface area contributed by atoms with Gasteiger partial charge in [-0.15, -0.1) is 0 Å². The SMILES string of the molecule is CCOc1cc(/C=C2\SC(=Nc3ccc(CC)cc3)N(c3ccc(CC)cc3)C2=O)c(Br)cc1OCC(=O)Nc1ccc(C)cc1.